The summed E-state index contributed by atoms with van der Waals surface area (Å²) < 4.78 is 10.2. The van der Waals surface area contributed by atoms with Gasteiger partial charge >= 0.3 is 5.97 Å². The molecule has 0 aromatic rings. The highest BCUT2D eigenvalue weighted by Crippen LogP contribution is 2.48. The Morgan fingerprint density at radius 3 is 2.67 bits per heavy atom. The lowest BCUT2D eigenvalue weighted by atomic mass is 9.94. The molecule has 0 unspecified atom stereocenters. The smallest absolute Gasteiger partial charge is 0.350 e. The van der Waals surface area contributed by atoms with Crippen LogP contribution >= 0.6 is 0 Å². The summed E-state index contributed by atoms with van der Waals surface area (Å²) in [6.45, 7) is 5.38. The van der Waals surface area contributed by atoms with Gasteiger partial charge in [0.2, 0.25) is 5.78 Å². The van der Waals surface area contributed by atoms with Crippen molar-refractivity contribution in [3.8, 4) is 0 Å². The van der Waals surface area contributed by atoms with Gasteiger partial charge in [0, 0.05) is 0 Å². The lowest BCUT2D eigenvalue weighted by Crippen LogP contribution is -2.33. The molecule has 2 rings (SSSR count). The summed E-state index contributed by atoms with van der Waals surface area (Å²) >= 11 is 0. The number of allylic oxidation sites excluding steroid dienone is 1. The number of carbonyl (C=O) groups excluding carboxylic acids is 2. The first-order chi connectivity index (χ1) is 7.04. The highest BCUT2D eigenvalue weighted by molar-refractivity contribution is 6.19. The van der Waals surface area contributed by atoms with Gasteiger partial charge in [-0.2, -0.15) is 0 Å². The summed E-state index contributed by atoms with van der Waals surface area (Å²) in [7, 11) is 0. The SMILES string of the molecule is CC/C=C(\C)C(=O)[C@]12O[C@H]1[C@H](C)OC2=O. The molecule has 0 spiro atoms. The van der Waals surface area contributed by atoms with Gasteiger partial charge in [-0.15, -0.1) is 0 Å². The van der Waals surface area contributed by atoms with Crippen LogP contribution in [0.5, 0.6) is 0 Å². The Bertz CT molecular complexity index is 358. The molecule has 2 aliphatic rings. The van der Waals surface area contributed by atoms with E-state index in [1.807, 2.05) is 6.92 Å². The molecule has 0 aliphatic carbocycles. The Morgan fingerprint density at radius 2 is 2.27 bits per heavy atom. The van der Waals surface area contributed by atoms with E-state index in [4.69, 9.17) is 9.47 Å². The van der Waals surface area contributed by atoms with Crippen molar-refractivity contribution in [3.05, 3.63) is 11.6 Å². The molecule has 0 saturated carbocycles. The predicted octanol–water partition coefficient (Wildman–Crippen LogP) is 0.995. The van der Waals surface area contributed by atoms with Crippen LogP contribution < -0.4 is 0 Å². The molecule has 2 fully saturated rings. The van der Waals surface area contributed by atoms with Crippen LogP contribution in [0.2, 0.25) is 0 Å². The van der Waals surface area contributed by atoms with Crippen LogP contribution in [-0.4, -0.2) is 29.6 Å². The maximum atomic E-state index is 12.0. The summed E-state index contributed by atoms with van der Waals surface area (Å²) in [5.41, 5.74) is -0.721. The fraction of sp³-hybridized carbons (Fsp3) is 0.636. The second-order valence-corrected chi connectivity index (χ2v) is 4.01. The Kier molecular flexibility index (Phi) is 2.19. The van der Waals surface area contributed by atoms with Crippen molar-refractivity contribution in [1.82, 2.24) is 0 Å². The van der Waals surface area contributed by atoms with Crippen LogP contribution in [0, 0.1) is 0 Å². The van der Waals surface area contributed by atoms with Crippen molar-refractivity contribution < 1.29 is 19.1 Å². The Hall–Kier alpha value is -1.16. The summed E-state index contributed by atoms with van der Waals surface area (Å²) in [5, 5.41) is 0. The largest absolute Gasteiger partial charge is 0.457 e. The van der Waals surface area contributed by atoms with Gasteiger partial charge in [0.15, 0.2) is 0 Å². The van der Waals surface area contributed by atoms with Crippen LogP contribution in [-0.2, 0) is 19.1 Å². The highest BCUT2D eigenvalue weighted by atomic mass is 16.7. The molecule has 2 aliphatic heterocycles. The molecule has 0 bridgehead atoms. The Labute approximate surface area is 88.2 Å². The van der Waals surface area contributed by atoms with E-state index < -0.39 is 11.6 Å². The molecule has 0 N–H and O–H groups in total. The molecular formula is C11H14O4. The van der Waals surface area contributed by atoms with Crippen molar-refractivity contribution in [3.63, 3.8) is 0 Å². The number of fused-ring (bicyclic) bond motifs is 1. The zero-order valence-electron chi connectivity index (χ0n) is 9.07. The van der Waals surface area contributed by atoms with Gasteiger partial charge < -0.3 is 9.47 Å². The third kappa shape index (κ3) is 1.24. The molecule has 0 amide bonds. The van der Waals surface area contributed by atoms with Gasteiger partial charge in [-0.25, -0.2) is 4.79 Å². The number of ketones is 1. The van der Waals surface area contributed by atoms with Crippen molar-refractivity contribution >= 4 is 11.8 Å². The fourth-order valence-electron chi connectivity index (χ4n) is 2.04. The molecule has 0 radical (unpaired) electrons. The first-order valence-electron chi connectivity index (χ1n) is 5.14. The zero-order chi connectivity index (χ0) is 11.2. The van der Waals surface area contributed by atoms with Gasteiger partial charge in [0.25, 0.3) is 5.60 Å². The maximum Gasteiger partial charge on any atom is 0.350 e. The minimum Gasteiger partial charge on any atom is -0.457 e. The average molecular weight is 210 g/mol. The second-order valence-electron chi connectivity index (χ2n) is 4.01. The molecule has 2 saturated heterocycles. The molecule has 3 atom stereocenters. The summed E-state index contributed by atoms with van der Waals surface area (Å²) in [6, 6.07) is 0. The normalized spacial score (nSPS) is 38.6. The lowest BCUT2D eigenvalue weighted by molar-refractivity contribution is -0.155. The lowest BCUT2D eigenvalue weighted by Gasteiger charge is -2.06. The number of hydrogen-bond acceptors (Lipinski definition) is 4. The van der Waals surface area contributed by atoms with Crippen molar-refractivity contribution in [1.29, 1.82) is 0 Å². The van der Waals surface area contributed by atoms with Crippen molar-refractivity contribution in [2.75, 3.05) is 0 Å². The van der Waals surface area contributed by atoms with Crippen molar-refractivity contribution in [2.45, 2.75) is 45.0 Å². The predicted molar refractivity (Wildman–Crippen MR) is 52.2 cm³/mol. The number of carbonyl (C=O) groups is 2. The number of epoxide rings is 1. The van der Waals surface area contributed by atoms with Gasteiger partial charge in [0.1, 0.15) is 12.2 Å². The number of ether oxygens (including phenoxy) is 2. The number of hydrogen-bond donors (Lipinski definition) is 0. The topological polar surface area (TPSA) is 55.9 Å². The number of rotatable bonds is 3. The van der Waals surface area contributed by atoms with Gasteiger partial charge in [-0.05, 0) is 25.8 Å². The molecule has 82 valence electrons. The third-order valence-electron chi connectivity index (χ3n) is 2.88. The van der Waals surface area contributed by atoms with Crippen LogP contribution in [0.15, 0.2) is 11.6 Å². The van der Waals surface area contributed by atoms with E-state index in [-0.39, 0.29) is 18.0 Å². The zero-order valence-corrected chi connectivity index (χ0v) is 9.07. The summed E-state index contributed by atoms with van der Waals surface area (Å²) in [5.74, 6) is -0.780. The van der Waals surface area contributed by atoms with E-state index in [9.17, 15) is 9.59 Å². The third-order valence-corrected chi connectivity index (χ3v) is 2.88. The maximum absolute atomic E-state index is 12.0. The van der Waals surface area contributed by atoms with Gasteiger partial charge in [0.05, 0.1) is 0 Å². The molecule has 0 aromatic carbocycles. The Morgan fingerprint density at radius 1 is 1.60 bits per heavy atom. The van der Waals surface area contributed by atoms with Gasteiger partial charge in [-0.1, -0.05) is 13.0 Å². The van der Waals surface area contributed by atoms with Crippen LogP contribution in [0.3, 0.4) is 0 Å². The standard InChI is InChI=1S/C11H14O4/c1-4-5-6(2)8(12)11-9(15-11)7(3)14-10(11)13/h5,7,9H,4H2,1-3H3/b6-5+/t7-,9-,11-/m0/s1. The first kappa shape index (κ1) is 10.4. The quantitative estimate of drug-likeness (QED) is 0.302. The van der Waals surface area contributed by atoms with Crippen LogP contribution in [0.25, 0.3) is 0 Å². The monoisotopic (exact) mass is 210 g/mol. The number of esters is 1. The first-order valence-corrected chi connectivity index (χ1v) is 5.14. The van der Waals surface area contributed by atoms with E-state index in [0.717, 1.165) is 6.42 Å². The van der Waals surface area contributed by atoms with E-state index in [1.54, 1.807) is 19.9 Å². The molecule has 0 aromatic heterocycles. The van der Waals surface area contributed by atoms with E-state index >= 15 is 0 Å². The minimum atomic E-state index is -1.30. The number of cyclic esters (lactones) is 1. The van der Waals surface area contributed by atoms with E-state index in [1.165, 1.54) is 0 Å². The Balaban J connectivity index is 2.23. The second kappa shape index (κ2) is 3.17. The van der Waals surface area contributed by atoms with Gasteiger partial charge in [-0.3, -0.25) is 4.79 Å². The number of Topliss-reactive ketones (excluding diaryl/α,β-unsaturated/α-hetero) is 1. The van der Waals surface area contributed by atoms with Crippen molar-refractivity contribution in [2.24, 2.45) is 0 Å². The van der Waals surface area contributed by atoms with E-state index in [2.05, 4.69) is 0 Å². The molecule has 2 heterocycles. The van der Waals surface area contributed by atoms with Crippen LogP contribution in [0.1, 0.15) is 27.2 Å². The molecule has 4 heteroatoms. The highest BCUT2D eigenvalue weighted by Gasteiger charge is 2.76. The minimum absolute atomic E-state index is 0.247. The van der Waals surface area contributed by atoms with E-state index in [0.29, 0.717) is 5.57 Å². The molecule has 15 heavy (non-hydrogen) atoms. The fourth-order valence-corrected chi connectivity index (χ4v) is 2.04. The van der Waals surface area contributed by atoms with Crippen LogP contribution in [0.4, 0.5) is 0 Å². The summed E-state index contributed by atoms with van der Waals surface area (Å²) in [4.78, 5) is 23.5. The average Bonchev–Trinajstić information content (AvgIpc) is 2.87. The molecule has 4 nitrogen and oxygen atoms in total. The molecular weight excluding hydrogens is 196 g/mol. The summed E-state index contributed by atoms with van der Waals surface area (Å²) in [6.07, 6.45) is 1.88.